The number of rotatable bonds is 7. The van der Waals surface area contributed by atoms with Crippen molar-refractivity contribution in [3.05, 3.63) is 41.9 Å². The third-order valence-corrected chi connectivity index (χ3v) is 5.67. The Kier molecular flexibility index (Phi) is 8.23. The zero-order valence-corrected chi connectivity index (χ0v) is 22.1. The van der Waals surface area contributed by atoms with E-state index in [0.29, 0.717) is 18.5 Å². The van der Waals surface area contributed by atoms with Gasteiger partial charge in [0, 0.05) is 42.8 Å². The Bertz CT molecular complexity index is 1110. The zero-order chi connectivity index (χ0) is 26.7. The highest BCUT2D eigenvalue weighted by Gasteiger charge is 2.32. The second kappa shape index (κ2) is 10.8. The number of amides is 1. The van der Waals surface area contributed by atoms with Crippen molar-refractivity contribution in [2.75, 3.05) is 6.54 Å². The number of nitrogens with two attached hydrogens (primary N) is 1. The van der Waals surface area contributed by atoms with Gasteiger partial charge in [0.15, 0.2) is 0 Å². The molecule has 2 heterocycles. The summed E-state index contributed by atoms with van der Waals surface area (Å²) >= 11 is 0. The standard InChI is InChI=1S/C27H38N4O5/c1-26(2,3)35-22(32)12-13-29-24(33)18-9-7-8-17(14-18)20-16-31-15-19(10-11-21(31)30-20)23(28)25(34)36-27(4,5)6/h7-9,14,16,19,23H,10-13,15,28H2,1-6H3,(H,29,33). The number of aryl methyl sites for hydroxylation is 1. The highest BCUT2D eigenvalue weighted by Crippen LogP contribution is 2.27. The number of ether oxygens (including phenoxy) is 2. The minimum atomic E-state index is -0.698. The van der Waals surface area contributed by atoms with Crippen molar-refractivity contribution in [1.82, 2.24) is 14.9 Å². The van der Waals surface area contributed by atoms with Crippen molar-refractivity contribution >= 4 is 17.8 Å². The first kappa shape index (κ1) is 27.4. The molecule has 2 aromatic rings. The minimum Gasteiger partial charge on any atom is -0.460 e. The summed E-state index contributed by atoms with van der Waals surface area (Å²) in [6.45, 7) is 11.7. The van der Waals surface area contributed by atoms with E-state index >= 15 is 0 Å². The van der Waals surface area contributed by atoms with Gasteiger partial charge >= 0.3 is 11.9 Å². The molecule has 2 atom stereocenters. The molecule has 36 heavy (non-hydrogen) atoms. The van der Waals surface area contributed by atoms with Crippen LogP contribution in [0.3, 0.4) is 0 Å². The zero-order valence-electron chi connectivity index (χ0n) is 22.1. The number of aromatic nitrogens is 2. The van der Waals surface area contributed by atoms with Gasteiger partial charge in [0.05, 0.1) is 12.1 Å². The van der Waals surface area contributed by atoms with Crippen LogP contribution < -0.4 is 11.1 Å². The van der Waals surface area contributed by atoms with E-state index in [4.69, 9.17) is 20.2 Å². The molecule has 0 aliphatic carbocycles. The van der Waals surface area contributed by atoms with Crippen molar-refractivity contribution in [2.45, 2.75) is 84.6 Å². The van der Waals surface area contributed by atoms with Crippen LogP contribution in [0.15, 0.2) is 30.5 Å². The Hall–Kier alpha value is -3.20. The van der Waals surface area contributed by atoms with Crippen molar-refractivity contribution < 1.29 is 23.9 Å². The molecule has 3 N–H and O–H groups in total. The Morgan fingerprint density at radius 3 is 2.50 bits per heavy atom. The van der Waals surface area contributed by atoms with Crippen molar-refractivity contribution in [3.63, 3.8) is 0 Å². The molecule has 9 nitrogen and oxygen atoms in total. The van der Waals surface area contributed by atoms with Gasteiger partial charge in [-0.05, 0) is 60.1 Å². The number of imidazole rings is 1. The fraction of sp³-hybridized carbons (Fsp3) is 0.556. The molecule has 1 aliphatic rings. The Morgan fingerprint density at radius 2 is 1.83 bits per heavy atom. The molecule has 1 amide bonds. The first-order valence-corrected chi connectivity index (χ1v) is 12.4. The van der Waals surface area contributed by atoms with Crippen LogP contribution in [0.5, 0.6) is 0 Å². The fourth-order valence-electron chi connectivity index (χ4n) is 4.06. The highest BCUT2D eigenvalue weighted by molar-refractivity contribution is 5.95. The molecular weight excluding hydrogens is 460 g/mol. The molecule has 0 radical (unpaired) electrons. The predicted molar refractivity (Wildman–Crippen MR) is 136 cm³/mol. The van der Waals surface area contributed by atoms with E-state index in [1.165, 1.54) is 0 Å². The van der Waals surface area contributed by atoms with Crippen LogP contribution in [-0.4, -0.2) is 51.2 Å². The number of nitrogens with one attached hydrogen (secondary N) is 1. The van der Waals surface area contributed by atoms with Gasteiger partial charge in [-0.1, -0.05) is 12.1 Å². The number of hydrogen-bond donors (Lipinski definition) is 2. The average Bonchev–Trinajstić information content (AvgIpc) is 3.19. The number of benzene rings is 1. The van der Waals surface area contributed by atoms with Gasteiger partial charge in [-0.3, -0.25) is 14.4 Å². The smallest absolute Gasteiger partial charge is 0.323 e. The van der Waals surface area contributed by atoms with Gasteiger partial charge < -0.3 is 25.1 Å². The average molecular weight is 499 g/mol. The highest BCUT2D eigenvalue weighted by atomic mass is 16.6. The van der Waals surface area contributed by atoms with Gasteiger partial charge in [0.2, 0.25) is 0 Å². The van der Waals surface area contributed by atoms with Gasteiger partial charge in [-0.2, -0.15) is 0 Å². The Labute approximate surface area is 212 Å². The SMILES string of the molecule is CC(C)(C)OC(=O)CCNC(=O)c1cccc(-c2cn3c(n2)CCC(C(N)C(=O)OC(C)(C)C)C3)c1. The quantitative estimate of drug-likeness (QED) is 0.561. The topological polar surface area (TPSA) is 126 Å². The van der Waals surface area contributed by atoms with Gasteiger partial charge in [0.1, 0.15) is 23.1 Å². The lowest BCUT2D eigenvalue weighted by Crippen LogP contribution is -2.45. The molecular formula is C27H38N4O5. The molecule has 0 saturated heterocycles. The summed E-state index contributed by atoms with van der Waals surface area (Å²) in [5.74, 6) is -0.138. The Morgan fingerprint density at radius 1 is 1.14 bits per heavy atom. The molecule has 0 saturated carbocycles. The second-order valence-corrected chi connectivity index (χ2v) is 11.2. The van der Waals surface area contributed by atoms with Crippen molar-refractivity contribution in [3.8, 4) is 11.3 Å². The maximum Gasteiger partial charge on any atom is 0.323 e. The maximum absolute atomic E-state index is 12.6. The molecule has 9 heteroatoms. The van der Waals surface area contributed by atoms with Crippen LogP contribution in [0.2, 0.25) is 0 Å². The summed E-state index contributed by atoms with van der Waals surface area (Å²) in [6, 6.07) is 6.50. The predicted octanol–water partition coefficient (Wildman–Crippen LogP) is 3.24. The lowest BCUT2D eigenvalue weighted by atomic mass is 9.92. The van der Waals surface area contributed by atoms with E-state index < -0.39 is 17.2 Å². The van der Waals surface area contributed by atoms with Crippen LogP contribution in [0.1, 0.15) is 70.6 Å². The number of hydrogen-bond acceptors (Lipinski definition) is 7. The molecule has 1 aromatic heterocycles. The van der Waals surface area contributed by atoms with E-state index in [0.717, 1.165) is 23.5 Å². The molecule has 0 bridgehead atoms. The van der Waals surface area contributed by atoms with Crippen LogP contribution in [0.4, 0.5) is 0 Å². The van der Waals surface area contributed by atoms with Crippen LogP contribution in [-0.2, 0) is 32.0 Å². The summed E-state index contributed by atoms with van der Waals surface area (Å²) in [6.07, 6.45) is 3.48. The van der Waals surface area contributed by atoms with E-state index in [2.05, 4.69) is 5.32 Å². The van der Waals surface area contributed by atoms with E-state index in [-0.39, 0.29) is 36.7 Å². The third-order valence-electron chi connectivity index (χ3n) is 5.67. The first-order chi connectivity index (χ1) is 16.7. The molecule has 0 spiro atoms. The molecule has 1 aromatic carbocycles. The van der Waals surface area contributed by atoms with Crippen LogP contribution >= 0.6 is 0 Å². The number of fused-ring (bicyclic) bond motifs is 1. The molecule has 196 valence electrons. The van der Waals surface area contributed by atoms with Gasteiger partial charge in [-0.25, -0.2) is 4.98 Å². The molecule has 2 unspecified atom stereocenters. The van der Waals surface area contributed by atoms with E-state index in [1.807, 2.05) is 37.6 Å². The summed E-state index contributed by atoms with van der Waals surface area (Å²) in [7, 11) is 0. The van der Waals surface area contributed by atoms with Gasteiger partial charge in [0.25, 0.3) is 5.91 Å². The largest absolute Gasteiger partial charge is 0.460 e. The summed E-state index contributed by atoms with van der Waals surface area (Å²) in [5.41, 5.74) is 7.14. The van der Waals surface area contributed by atoms with Gasteiger partial charge in [-0.15, -0.1) is 0 Å². The molecule has 3 rings (SSSR count). The van der Waals surface area contributed by atoms with E-state index in [9.17, 15) is 14.4 Å². The normalized spacial score (nSPS) is 16.6. The summed E-state index contributed by atoms with van der Waals surface area (Å²) in [5, 5.41) is 2.77. The Balaban J connectivity index is 1.63. The third kappa shape index (κ3) is 7.65. The molecule has 0 fully saturated rings. The lowest BCUT2D eigenvalue weighted by Gasteiger charge is -2.29. The minimum absolute atomic E-state index is 0.0449. The summed E-state index contributed by atoms with van der Waals surface area (Å²) < 4.78 is 12.8. The second-order valence-electron chi connectivity index (χ2n) is 11.2. The monoisotopic (exact) mass is 498 g/mol. The van der Waals surface area contributed by atoms with Crippen LogP contribution in [0, 0.1) is 5.92 Å². The number of esters is 2. The molecule has 1 aliphatic heterocycles. The maximum atomic E-state index is 12.6. The van der Waals surface area contributed by atoms with E-state index in [1.54, 1.807) is 39.0 Å². The lowest BCUT2D eigenvalue weighted by molar-refractivity contribution is -0.158. The number of carbonyl (C=O) groups excluding carboxylic acids is 3. The van der Waals surface area contributed by atoms with Crippen molar-refractivity contribution in [2.24, 2.45) is 11.7 Å². The first-order valence-electron chi connectivity index (χ1n) is 12.4. The number of nitrogens with zero attached hydrogens (tertiary/aromatic N) is 2. The fourth-order valence-corrected chi connectivity index (χ4v) is 4.06. The summed E-state index contributed by atoms with van der Waals surface area (Å²) in [4.78, 5) is 41.7. The van der Waals surface area contributed by atoms with Crippen molar-refractivity contribution in [1.29, 1.82) is 0 Å². The number of carbonyl (C=O) groups is 3. The van der Waals surface area contributed by atoms with Crippen LogP contribution in [0.25, 0.3) is 11.3 Å².